The molecule has 0 bridgehead atoms. The second-order valence-corrected chi connectivity index (χ2v) is 7.30. The van der Waals surface area contributed by atoms with Crippen molar-refractivity contribution in [1.82, 2.24) is 9.46 Å². The van der Waals surface area contributed by atoms with E-state index in [0.29, 0.717) is 17.2 Å². The molecule has 1 aromatic heterocycles. The number of aliphatic carboxylic acids is 1. The molecule has 1 unspecified atom stereocenters. The van der Waals surface area contributed by atoms with Crippen LogP contribution in [-0.2, 0) is 20.6 Å². The SMILES string of the molecule is Cc1cc(CS(=O)(=O)N2CCSCC2C(=O)O)no1. The van der Waals surface area contributed by atoms with Gasteiger partial charge >= 0.3 is 5.97 Å². The quantitative estimate of drug-likeness (QED) is 0.854. The summed E-state index contributed by atoms with van der Waals surface area (Å²) in [5, 5.41) is 12.7. The van der Waals surface area contributed by atoms with Gasteiger partial charge in [-0.1, -0.05) is 5.16 Å². The highest BCUT2D eigenvalue weighted by Gasteiger charge is 2.37. The third-order valence-electron chi connectivity index (χ3n) is 2.73. The molecule has 0 aromatic carbocycles. The Kier molecular flexibility index (Phi) is 4.16. The van der Waals surface area contributed by atoms with Gasteiger partial charge in [0.05, 0.1) is 0 Å². The Hall–Kier alpha value is -1.06. The summed E-state index contributed by atoms with van der Waals surface area (Å²) in [7, 11) is -3.70. The van der Waals surface area contributed by atoms with E-state index in [1.165, 1.54) is 17.8 Å². The van der Waals surface area contributed by atoms with E-state index < -0.39 is 22.0 Å². The van der Waals surface area contributed by atoms with Crippen LogP contribution in [0, 0.1) is 6.92 Å². The maximum absolute atomic E-state index is 12.3. The van der Waals surface area contributed by atoms with Gasteiger partial charge in [0.25, 0.3) is 0 Å². The first kappa shape index (κ1) is 14.4. The van der Waals surface area contributed by atoms with Crippen molar-refractivity contribution < 1.29 is 22.8 Å². The fourth-order valence-electron chi connectivity index (χ4n) is 1.87. The Balaban J connectivity index is 2.19. The Morgan fingerprint density at radius 1 is 1.68 bits per heavy atom. The summed E-state index contributed by atoms with van der Waals surface area (Å²) in [5.74, 6) is -0.0622. The number of thioether (sulfide) groups is 1. The van der Waals surface area contributed by atoms with Crippen LogP contribution in [0.4, 0.5) is 0 Å². The lowest BCUT2D eigenvalue weighted by Crippen LogP contribution is -2.50. The minimum Gasteiger partial charge on any atom is -0.480 e. The zero-order valence-electron chi connectivity index (χ0n) is 10.3. The van der Waals surface area contributed by atoms with E-state index in [4.69, 9.17) is 9.63 Å². The van der Waals surface area contributed by atoms with E-state index in [-0.39, 0.29) is 18.1 Å². The van der Waals surface area contributed by atoms with Gasteiger partial charge in [-0.05, 0) is 6.92 Å². The number of nitrogens with zero attached hydrogens (tertiary/aromatic N) is 2. The normalized spacial score (nSPS) is 21.4. The van der Waals surface area contributed by atoms with Crippen LogP contribution < -0.4 is 0 Å². The molecule has 0 radical (unpaired) electrons. The Labute approximate surface area is 115 Å². The largest absolute Gasteiger partial charge is 0.480 e. The molecule has 0 amide bonds. The highest BCUT2D eigenvalue weighted by molar-refractivity contribution is 7.99. The molecule has 0 saturated carbocycles. The van der Waals surface area contributed by atoms with Crippen molar-refractivity contribution >= 4 is 27.8 Å². The minimum atomic E-state index is -3.70. The van der Waals surface area contributed by atoms with Crippen molar-refractivity contribution in [3.8, 4) is 0 Å². The number of carboxylic acid groups (broad SMARTS) is 1. The van der Waals surface area contributed by atoms with E-state index in [9.17, 15) is 13.2 Å². The van der Waals surface area contributed by atoms with Gasteiger partial charge < -0.3 is 9.63 Å². The Morgan fingerprint density at radius 3 is 3.00 bits per heavy atom. The van der Waals surface area contributed by atoms with Crippen LogP contribution >= 0.6 is 11.8 Å². The monoisotopic (exact) mass is 306 g/mol. The topological polar surface area (TPSA) is 101 Å². The molecule has 9 heteroatoms. The summed E-state index contributed by atoms with van der Waals surface area (Å²) in [4.78, 5) is 11.1. The standard InChI is InChI=1S/C10H14N2O5S2/c1-7-4-8(11-17-7)6-19(15,16)12-2-3-18-5-9(12)10(13)14/h4,9H,2-3,5-6H2,1H3,(H,13,14). The van der Waals surface area contributed by atoms with Crippen molar-refractivity contribution in [3.05, 3.63) is 17.5 Å². The Morgan fingerprint density at radius 2 is 2.42 bits per heavy atom. The van der Waals surface area contributed by atoms with Crippen LogP contribution in [0.25, 0.3) is 0 Å². The van der Waals surface area contributed by atoms with E-state index in [1.54, 1.807) is 6.92 Å². The lowest BCUT2D eigenvalue weighted by Gasteiger charge is -2.31. The van der Waals surface area contributed by atoms with Crippen LogP contribution in [0.5, 0.6) is 0 Å². The number of carbonyl (C=O) groups is 1. The summed E-state index contributed by atoms with van der Waals surface area (Å²) in [5.41, 5.74) is 0.292. The molecule has 1 aliphatic rings. The van der Waals surface area contributed by atoms with Crippen molar-refractivity contribution in [2.24, 2.45) is 0 Å². The molecule has 2 rings (SSSR count). The predicted octanol–water partition coefficient (Wildman–Crippen LogP) is 0.315. The first-order valence-electron chi connectivity index (χ1n) is 5.62. The smallest absolute Gasteiger partial charge is 0.322 e. The van der Waals surface area contributed by atoms with Crippen LogP contribution in [-0.4, -0.2) is 53.0 Å². The van der Waals surface area contributed by atoms with Gasteiger partial charge in [0.2, 0.25) is 10.0 Å². The molecule has 1 aliphatic heterocycles. The molecule has 0 spiro atoms. The molecule has 0 aliphatic carbocycles. The van der Waals surface area contributed by atoms with Crippen LogP contribution in [0.3, 0.4) is 0 Å². The fourth-order valence-corrected chi connectivity index (χ4v) is 4.72. The second-order valence-electron chi connectivity index (χ2n) is 4.22. The molecule has 1 fully saturated rings. The number of hydrogen-bond acceptors (Lipinski definition) is 6. The van der Waals surface area contributed by atoms with Gasteiger partial charge in [-0.2, -0.15) is 16.1 Å². The summed E-state index contributed by atoms with van der Waals surface area (Å²) in [6, 6.07) is 0.531. The Bertz CT molecular complexity index is 568. The van der Waals surface area contributed by atoms with Gasteiger partial charge in [0, 0.05) is 24.1 Å². The number of hydrogen-bond donors (Lipinski definition) is 1. The predicted molar refractivity (Wildman–Crippen MR) is 69.3 cm³/mol. The lowest BCUT2D eigenvalue weighted by molar-refractivity contribution is -0.140. The van der Waals surface area contributed by atoms with Crippen LogP contribution in [0.1, 0.15) is 11.5 Å². The number of sulfonamides is 1. The van der Waals surface area contributed by atoms with E-state index in [1.807, 2.05) is 0 Å². The number of aryl methyl sites for hydroxylation is 1. The molecule has 1 aromatic rings. The molecular formula is C10H14N2O5S2. The molecule has 1 N–H and O–H groups in total. The molecule has 19 heavy (non-hydrogen) atoms. The molecule has 106 valence electrons. The van der Waals surface area contributed by atoms with Crippen molar-refractivity contribution in [1.29, 1.82) is 0 Å². The van der Waals surface area contributed by atoms with Gasteiger partial charge in [-0.15, -0.1) is 0 Å². The van der Waals surface area contributed by atoms with Gasteiger partial charge in [0.15, 0.2) is 0 Å². The van der Waals surface area contributed by atoms with E-state index in [2.05, 4.69) is 5.16 Å². The average molecular weight is 306 g/mol. The maximum atomic E-state index is 12.3. The second kappa shape index (κ2) is 5.51. The fraction of sp³-hybridized carbons (Fsp3) is 0.600. The molecule has 7 nitrogen and oxygen atoms in total. The van der Waals surface area contributed by atoms with Crippen LogP contribution in [0.15, 0.2) is 10.6 Å². The van der Waals surface area contributed by atoms with Crippen molar-refractivity contribution in [3.63, 3.8) is 0 Å². The molecule has 1 atom stereocenters. The summed E-state index contributed by atoms with van der Waals surface area (Å²) < 4.78 is 30.4. The maximum Gasteiger partial charge on any atom is 0.322 e. The first-order chi connectivity index (χ1) is 8.90. The zero-order valence-corrected chi connectivity index (χ0v) is 11.9. The first-order valence-corrected chi connectivity index (χ1v) is 8.39. The number of carboxylic acids is 1. The van der Waals surface area contributed by atoms with Gasteiger partial charge in [-0.25, -0.2) is 8.42 Å². The summed E-state index contributed by atoms with van der Waals surface area (Å²) in [6.45, 7) is 1.88. The van der Waals surface area contributed by atoms with Crippen molar-refractivity contribution in [2.45, 2.75) is 18.7 Å². The van der Waals surface area contributed by atoms with E-state index >= 15 is 0 Å². The number of rotatable bonds is 4. The molecular weight excluding hydrogens is 292 g/mol. The van der Waals surface area contributed by atoms with Gasteiger partial charge in [-0.3, -0.25) is 4.79 Å². The van der Waals surface area contributed by atoms with E-state index in [0.717, 1.165) is 4.31 Å². The molecule has 1 saturated heterocycles. The zero-order chi connectivity index (χ0) is 14.0. The van der Waals surface area contributed by atoms with Gasteiger partial charge in [0.1, 0.15) is 23.2 Å². The highest BCUT2D eigenvalue weighted by Crippen LogP contribution is 2.22. The minimum absolute atomic E-state index is 0.209. The average Bonchev–Trinajstić information content (AvgIpc) is 2.74. The third-order valence-corrected chi connectivity index (χ3v) is 5.56. The number of aromatic nitrogens is 1. The lowest BCUT2D eigenvalue weighted by atomic mass is 10.3. The summed E-state index contributed by atoms with van der Waals surface area (Å²) in [6.07, 6.45) is 0. The third kappa shape index (κ3) is 3.28. The summed E-state index contributed by atoms with van der Waals surface area (Å²) >= 11 is 1.44. The van der Waals surface area contributed by atoms with Crippen molar-refractivity contribution in [2.75, 3.05) is 18.1 Å². The van der Waals surface area contributed by atoms with Crippen LogP contribution in [0.2, 0.25) is 0 Å². The highest BCUT2D eigenvalue weighted by atomic mass is 32.2. The molecule has 2 heterocycles.